The van der Waals surface area contributed by atoms with Crippen LogP contribution in [0, 0.1) is 0 Å². The zero-order valence-electron chi connectivity index (χ0n) is 15.0. The molecule has 1 aliphatic rings. The molecule has 25 heavy (non-hydrogen) atoms. The Morgan fingerprint density at radius 1 is 1.16 bits per heavy atom. The van der Waals surface area contributed by atoms with Gasteiger partial charge in [-0.05, 0) is 46.3 Å². The van der Waals surface area contributed by atoms with Crippen LogP contribution in [0.15, 0.2) is 29.7 Å². The third-order valence-electron chi connectivity index (χ3n) is 4.42. The highest BCUT2D eigenvalue weighted by molar-refractivity contribution is 6.56. The van der Waals surface area contributed by atoms with Crippen LogP contribution in [0.1, 0.15) is 33.3 Å². The number of alkyl halides is 3. The van der Waals surface area contributed by atoms with Crippen LogP contribution < -0.4 is 10.1 Å². The number of rotatable bonds is 5. The Morgan fingerprint density at radius 3 is 2.24 bits per heavy atom. The van der Waals surface area contributed by atoms with Crippen molar-refractivity contribution in [3.8, 4) is 5.75 Å². The number of hydrogen-bond acceptors (Lipinski definition) is 4. The van der Waals surface area contributed by atoms with Gasteiger partial charge in [-0.25, -0.2) is 0 Å². The van der Waals surface area contributed by atoms with Crippen molar-refractivity contribution in [2.75, 3.05) is 13.6 Å². The monoisotopic (exact) mass is 357 g/mol. The Hall–Kier alpha value is -1.51. The predicted octanol–water partition coefficient (Wildman–Crippen LogP) is 3.82. The van der Waals surface area contributed by atoms with E-state index < -0.39 is 24.7 Å². The Morgan fingerprint density at radius 2 is 1.72 bits per heavy atom. The Balaban J connectivity index is 2.36. The van der Waals surface area contributed by atoms with Gasteiger partial charge in [0.1, 0.15) is 5.75 Å². The van der Waals surface area contributed by atoms with Crippen molar-refractivity contribution in [1.29, 1.82) is 0 Å². The van der Waals surface area contributed by atoms with Crippen molar-refractivity contribution in [1.82, 2.24) is 5.32 Å². The molecule has 1 aliphatic heterocycles. The first-order chi connectivity index (χ1) is 11.5. The molecule has 0 aromatic heterocycles. The van der Waals surface area contributed by atoms with Crippen molar-refractivity contribution < 1.29 is 27.2 Å². The summed E-state index contributed by atoms with van der Waals surface area (Å²) in [6.45, 7) is 8.09. The zero-order chi connectivity index (χ0) is 18.9. The summed E-state index contributed by atoms with van der Waals surface area (Å²) in [7, 11) is 1.09. The smallest absolute Gasteiger partial charge is 0.405 e. The van der Waals surface area contributed by atoms with Gasteiger partial charge in [-0.1, -0.05) is 24.3 Å². The van der Waals surface area contributed by atoms with Gasteiger partial charge in [0.05, 0.1) is 11.2 Å². The molecule has 138 valence electrons. The van der Waals surface area contributed by atoms with Gasteiger partial charge in [-0.2, -0.15) is 0 Å². The van der Waals surface area contributed by atoms with Gasteiger partial charge in [0.15, 0.2) is 0 Å². The van der Waals surface area contributed by atoms with Crippen molar-refractivity contribution >= 4 is 13.2 Å². The molecule has 4 nitrogen and oxygen atoms in total. The summed E-state index contributed by atoms with van der Waals surface area (Å²) in [5.74, 6) is -0.264. The molecule has 2 rings (SSSR count). The summed E-state index contributed by atoms with van der Waals surface area (Å²) in [4.78, 5) is 0. The van der Waals surface area contributed by atoms with E-state index in [-0.39, 0.29) is 5.75 Å². The summed E-state index contributed by atoms with van der Waals surface area (Å²) < 4.78 is 53.9. The molecule has 1 aromatic carbocycles. The molecule has 0 bridgehead atoms. The van der Waals surface area contributed by atoms with Crippen LogP contribution >= 0.6 is 0 Å². The predicted molar refractivity (Wildman–Crippen MR) is 91.1 cm³/mol. The SMILES string of the molecule is CNCC(=Cc1ccccc1OC(F)(F)F)B1OC(C)(C)C(C)(C)O1. The summed E-state index contributed by atoms with van der Waals surface area (Å²) in [5, 5.41) is 3.00. The molecule has 0 spiro atoms. The summed E-state index contributed by atoms with van der Waals surface area (Å²) in [5.41, 5.74) is -0.0851. The lowest BCUT2D eigenvalue weighted by atomic mass is 9.77. The molecular formula is C17H23BF3NO3. The highest BCUT2D eigenvalue weighted by Crippen LogP contribution is 2.39. The van der Waals surface area contributed by atoms with Gasteiger partial charge in [0.2, 0.25) is 0 Å². The molecule has 0 atom stereocenters. The van der Waals surface area contributed by atoms with Crippen LogP contribution in [-0.4, -0.2) is 38.3 Å². The van der Waals surface area contributed by atoms with Gasteiger partial charge in [-0.3, -0.25) is 0 Å². The molecule has 0 saturated carbocycles. The van der Waals surface area contributed by atoms with E-state index in [0.29, 0.717) is 17.6 Å². The fraction of sp³-hybridized carbons (Fsp3) is 0.529. The average Bonchev–Trinajstić information content (AvgIpc) is 2.67. The molecule has 0 unspecified atom stereocenters. The number of benzene rings is 1. The first-order valence-corrected chi connectivity index (χ1v) is 8.01. The van der Waals surface area contributed by atoms with Gasteiger partial charge in [-0.15, -0.1) is 13.2 Å². The van der Waals surface area contributed by atoms with Gasteiger partial charge >= 0.3 is 13.5 Å². The minimum atomic E-state index is -4.75. The Bertz CT molecular complexity index is 628. The number of nitrogens with one attached hydrogen (secondary N) is 1. The Kier molecular flexibility index (Phi) is 5.56. The number of para-hydroxylation sites is 1. The second-order valence-electron chi connectivity index (χ2n) is 6.92. The standard InChI is InChI=1S/C17H23BF3NO3/c1-15(2)16(3,4)25-18(24-15)13(11-22-5)10-12-8-6-7-9-14(12)23-17(19,20)21/h6-10,22H,11H2,1-5H3. The largest absolute Gasteiger partial charge is 0.573 e. The van der Waals surface area contributed by atoms with Crippen molar-refractivity contribution in [2.45, 2.75) is 45.3 Å². The van der Waals surface area contributed by atoms with Crippen LogP contribution in [0.4, 0.5) is 13.2 Å². The lowest BCUT2D eigenvalue weighted by molar-refractivity contribution is -0.274. The molecule has 0 amide bonds. The van der Waals surface area contributed by atoms with Gasteiger partial charge in [0, 0.05) is 12.1 Å². The summed E-state index contributed by atoms with van der Waals surface area (Å²) in [6.07, 6.45) is -3.14. The molecule has 1 N–H and O–H groups in total. The van der Waals surface area contributed by atoms with E-state index in [2.05, 4.69) is 10.1 Å². The van der Waals surface area contributed by atoms with Gasteiger partial charge < -0.3 is 19.4 Å². The van der Waals surface area contributed by atoms with Crippen molar-refractivity contribution in [2.24, 2.45) is 0 Å². The minimum Gasteiger partial charge on any atom is -0.405 e. The maximum atomic E-state index is 12.6. The molecule has 0 radical (unpaired) electrons. The van der Waals surface area contributed by atoms with E-state index in [1.54, 1.807) is 25.3 Å². The fourth-order valence-corrected chi connectivity index (χ4v) is 2.42. The van der Waals surface area contributed by atoms with E-state index in [9.17, 15) is 13.2 Å². The van der Waals surface area contributed by atoms with E-state index in [0.717, 1.165) is 0 Å². The zero-order valence-corrected chi connectivity index (χ0v) is 15.0. The first kappa shape index (κ1) is 19.8. The third-order valence-corrected chi connectivity index (χ3v) is 4.42. The van der Waals surface area contributed by atoms with E-state index in [1.165, 1.54) is 12.1 Å². The molecular weight excluding hydrogens is 334 g/mol. The number of halogens is 3. The molecule has 1 fully saturated rings. The maximum absolute atomic E-state index is 12.6. The summed E-state index contributed by atoms with van der Waals surface area (Å²) in [6, 6.07) is 5.98. The van der Waals surface area contributed by atoms with E-state index in [4.69, 9.17) is 9.31 Å². The van der Waals surface area contributed by atoms with Crippen LogP contribution in [0.2, 0.25) is 0 Å². The van der Waals surface area contributed by atoms with E-state index >= 15 is 0 Å². The minimum absolute atomic E-state index is 0.264. The lowest BCUT2D eigenvalue weighted by Gasteiger charge is -2.32. The second kappa shape index (κ2) is 7.01. The number of hydrogen-bond donors (Lipinski definition) is 1. The highest BCUT2D eigenvalue weighted by Gasteiger charge is 2.52. The Labute approximate surface area is 146 Å². The highest BCUT2D eigenvalue weighted by atomic mass is 19.4. The molecule has 1 aromatic rings. The third kappa shape index (κ3) is 4.77. The topological polar surface area (TPSA) is 39.7 Å². The van der Waals surface area contributed by atoms with Crippen molar-refractivity contribution in [3.05, 3.63) is 35.3 Å². The summed E-state index contributed by atoms with van der Waals surface area (Å²) >= 11 is 0. The van der Waals surface area contributed by atoms with Crippen LogP contribution in [-0.2, 0) is 9.31 Å². The van der Waals surface area contributed by atoms with Crippen LogP contribution in [0.3, 0.4) is 0 Å². The fourth-order valence-electron chi connectivity index (χ4n) is 2.42. The molecule has 8 heteroatoms. The quantitative estimate of drug-likeness (QED) is 0.814. The van der Waals surface area contributed by atoms with E-state index in [1.807, 2.05) is 27.7 Å². The van der Waals surface area contributed by atoms with Crippen molar-refractivity contribution in [3.63, 3.8) is 0 Å². The first-order valence-electron chi connectivity index (χ1n) is 8.01. The molecule has 0 aliphatic carbocycles. The normalized spacial score (nSPS) is 20.0. The van der Waals surface area contributed by atoms with Crippen LogP contribution in [0.5, 0.6) is 5.75 Å². The number of ether oxygens (including phenoxy) is 1. The maximum Gasteiger partial charge on any atom is 0.573 e. The molecule has 1 heterocycles. The molecule has 1 saturated heterocycles. The average molecular weight is 357 g/mol. The second-order valence-corrected chi connectivity index (χ2v) is 6.92. The number of likely N-dealkylation sites (N-methyl/N-ethyl adjacent to an activating group) is 1. The van der Waals surface area contributed by atoms with Crippen LogP contribution in [0.25, 0.3) is 6.08 Å². The van der Waals surface area contributed by atoms with Gasteiger partial charge in [0.25, 0.3) is 0 Å². The lowest BCUT2D eigenvalue weighted by Crippen LogP contribution is -2.41.